The summed E-state index contributed by atoms with van der Waals surface area (Å²) in [6, 6.07) is 6.78. The highest BCUT2D eigenvalue weighted by Crippen LogP contribution is 2.20. The van der Waals surface area contributed by atoms with Gasteiger partial charge < -0.3 is 20.9 Å². The van der Waals surface area contributed by atoms with Crippen LogP contribution in [-0.2, 0) is 25.5 Å². The van der Waals surface area contributed by atoms with Gasteiger partial charge in [-0.15, -0.1) is 0 Å². The van der Waals surface area contributed by atoms with E-state index in [4.69, 9.17) is 20.9 Å². The summed E-state index contributed by atoms with van der Waals surface area (Å²) < 4.78 is 10.5. The van der Waals surface area contributed by atoms with Gasteiger partial charge in [-0.25, -0.2) is 9.59 Å². The zero-order valence-corrected chi connectivity index (χ0v) is 14.4. The molecule has 1 aromatic carbocycles. The Kier molecular flexibility index (Phi) is 5.77. The second-order valence-corrected chi connectivity index (χ2v) is 6.85. The number of rotatable bonds is 5. The average molecular weight is 322 g/mol. The van der Waals surface area contributed by atoms with E-state index >= 15 is 0 Å². The van der Waals surface area contributed by atoms with Gasteiger partial charge in [0.1, 0.15) is 5.60 Å². The monoisotopic (exact) mass is 322 g/mol. The lowest BCUT2D eigenvalue weighted by Crippen LogP contribution is -2.59. The molecule has 0 aromatic heterocycles. The van der Waals surface area contributed by atoms with Crippen LogP contribution in [0.25, 0.3) is 0 Å². The summed E-state index contributed by atoms with van der Waals surface area (Å²) in [6.07, 6.45) is -0.424. The van der Waals surface area contributed by atoms with Gasteiger partial charge in [0.25, 0.3) is 0 Å². The lowest BCUT2D eigenvalue weighted by molar-refractivity contribution is -0.173. The van der Waals surface area contributed by atoms with E-state index in [2.05, 4.69) is 0 Å². The van der Waals surface area contributed by atoms with Gasteiger partial charge in [0, 0.05) is 12.1 Å². The van der Waals surface area contributed by atoms with E-state index in [-0.39, 0.29) is 12.5 Å². The molecule has 0 aliphatic heterocycles. The van der Waals surface area contributed by atoms with Gasteiger partial charge in [0.2, 0.25) is 5.54 Å². The van der Waals surface area contributed by atoms with Crippen molar-refractivity contribution in [1.29, 1.82) is 0 Å². The largest absolute Gasteiger partial charge is 0.461 e. The Balaban J connectivity index is 3.11. The summed E-state index contributed by atoms with van der Waals surface area (Å²) in [5, 5.41) is 0. The quantitative estimate of drug-likeness (QED) is 0.486. The molecule has 1 unspecified atom stereocenters. The highest BCUT2D eigenvalue weighted by Gasteiger charge is 2.47. The Labute approximate surface area is 137 Å². The second-order valence-electron chi connectivity index (χ2n) is 6.85. The predicted molar refractivity (Wildman–Crippen MR) is 88.5 cm³/mol. The van der Waals surface area contributed by atoms with Gasteiger partial charge in [-0.1, -0.05) is 12.1 Å². The minimum Gasteiger partial charge on any atom is -0.461 e. The SMILES string of the molecule is CC(C)OC(=O)C(N)(Cc1ccc(N)cc1)C(=O)OC(C)(C)C. The molecule has 23 heavy (non-hydrogen) atoms. The van der Waals surface area contributed by atoms with Crippen LogP contribution in [0.1, 0.15) is 40.2 Å². The maximum absolute atomic E-state index is 12.5. The molecule has 6 nitrogen and oxygen atoms in total. The molecule has 0 aliphatic carbocycles. The van der Waals surface area contributed by atoms with Crippen molar-refractivity contribution in [2.75, 3.05) is 5.73 Å². The van der Waals surface area contributed by atoms with Crippen LogP contribution in [0.3, 0.4) is 0 Å². The van der Waals surface area contributed by atoms with Crippen molar-refractivity contribution in [3.05, 3.63) is 29.8 Å². The molecule has 4 N–H and O–H groups in total. The number of ether oxygens (including phenoxy) is 2. The molecule has 0 saturated heterocycles. The molecule has 0 aliphatic rings. The third kappa shape index (κ3) is 5.56. The summed E-state index contributed by atoms with van der Waals surface area (Å²) >= 11 is 0. The van der Waals surface area contributed by atoms with E-state index in [0.717, 1.165) is 0 Å². The topological polar surface area (TPSA) is 105 Å². The van der Waals surface area contributed by atoms with Crippen LogP contribution in [-0.4, -0.2) is 29.2 Å². The van der Waals surface area contributed by atoms with Crippen molar-refractivity contribution in [2.45, 2.75) is 58.3 Å². The number of hydrogen-bond donors (Lipinski definition) is 2. The first-order valence-electron chi connectivity index (χ1n) is 7.52. The highest BCUT2D eigenvalue weighted by atomic mass is 16.6. The molecule has 0 spiro atoms. The van der Waals surface area contributed by atoms with Gasteiger partial charge in [-0.3, -0.25) is 0 Å². The Bertz CT molecular complexity index is 561. The van der Waals surface area contributed by atoms with Crippen LogP contribution < -0.4 is 11.5 Å². The van der Waals surface area contributed by atoms with Crippen molar-refractivity contribution in [3.63, 3.8) is 0 Å². The van der Waals surface area contributed by atoms with Crippen LogP contribution in [0.4, 0.5) is 5.69 Å². The van der Waals surface area contributed by atoms with Gasteiger partial charge in [0.05, 0.1) is 6.10 Å². The Morgan fingerprint density at radius 2 is 1.61 bits per heavy atom. The van der Waals surface area contributed by atoms with Gasteiger partial charge in [0.15, 0.2) is 0 Å². The molecule has 1 rings (SSSR count). The predicted octanol–water partition coefficient (Wildman–Crippen LogP) is 1.80. The lowest BCUT2D eigenvalue weighted by Gasteiger charge is -2.30. The number of carbonyl (C=O) groups is 2. The third-order valence-electron chi connectivity index (χ3n) is 2.93. The normalized spacial score (nSPS) is 14.2. The molecule has 0 saturated carbocycles. The number of esters is 2. The van der Waals surface area contributed by atoms with E-state index in [1.54, 1.807) is 58.9 Å². The summed E-state index contributed by atoms with van der Waals surface area (Å²) in [6.45, 7) is 8.51. The van der Waals surface area contributed by atoms with Gasteiger partial charge >= 0.3 is 11.9 Å². The Morgan fingerprint density at radius 1 is 1.09 bits per heavy atom. The first-order valence-corrected chi connectivity index (χ1v) is 7.52. The molecule has 128 valence electrons. The fourth-order valence-corrected chi connectivity index (χ4v) is 1.87. The zero-order chi connectivity index (χ0) is 17.8. The van der Waals surface area contributed by atoms with Crippen LogP contribution >= 0.6 is 0 Å². The van der Waals surface area contributed by atoms with E-state index in [1.165, 1.54) is 0 Å². The molecule has 0 fully saturated rings. The number of anilines is 1. The van der Waals surface area contributed by atoms with Crippen LogP contribution in [0.2, 0.25) is 0 Å². The second kappa shape index (κ2) is 7.00. The molecule has 6 heteroatoms. The fraction of sp³-hybridized carbons (Fsp3) is 0.529. The molecule has 1 aromatic rings. The molecule has 0 amide bonds. The summed E-state index contributed by atoms with van der Waals surface area (Å²) in [7, 11) is 0. The average Bonchev–Trinajstić information content (AvgIpc) is 2.38. The fourth-order valence-electron chi connectivity index (χ4n) is 1.87. The summed E-state index contributed by atoms with van der Waals surface area (Å²) in [5.41, 5.74) is 10.4. The van der Waals surface area contributed by atoms with Crippen LogP contribution in [0, 0.1) is 0 Å². The number of nitrogen functional groups attached to an aromatic ring is 1. The maximum atomic E-state index is 12.5. The molecule has 0 radical (unpaired) electrons. The molecular weight excluding hydrogens is 296 g/mol. The minimum absolute atomic E-state index is 0.0340. The van der Waals surface area contributed by atoms with Crippen LogP contribution in [0.15, 0.2) is 24.3 Å². The van der Waals surface area contributed by atoms with E-state index in [9.17, 15) is 9.59 Å². The van der Waals surface area contributed by atoms with E-state index < -0.39 is 23.1 Å². The Morgan fingerprint density at radius 3 is 2.04 bits per heavy atom. The summed E-state index contributed by atoms with van der Waals surface area (Å²) in [5.74, 6) is -1.62. The first kappa shape index (κ1) is 19.0. The molecule has 0 bridgehead atoms. The Hall–Kier alpha value is -2.08. The zero-order valence-electron chi connectivity index (χ0n) is 14.4. The van der Waals surface area contributed by atoms with Crippen molar-refractivity contribution in [3.8, 4) is 0 Å². The number of hydrogen-bond acceptors (Lipinski definition) is 6. The van der Waals surface area contributed by atoms with Crippen molar-refractivity contribution < 1.29 is 19.1 Å². The van der Waals surface area contributed by atoms with Crippen molar-refractivity contribution in [1.82, 2.24) is 0 Å². The van der Waals surface area contributed by atoms with Crippen molar-refractivity contribution in [2.24, 2.45) is 5.73 Å². The summed E-state index contributed by atoms with van der Waals surface area (Å²) in [4.78, 5) is 24.9. The maximum Gasteiger partial charge on any atom is 0.338 e. The number of benzene rings is 1. The van der Waals surface area contributed by atoms with E-state index in [1.807, 2.05) is 0 Å². The van der Waals surface area contributed by atoms with Gasteiger partial charge in [-0.2, -0.15) is 0 Å². The lowest BCUT2D eigenvalue weighted by atomic mass is 9.91. The molecule has 1 atom stereocenters. The van der Waals surface area contributed by atoms with Gasteiger partial charge in [-0.05, 0) is 52.3 Å². The number of nitrogens with two attached hydrogens (primary N) is 2. The third-order valence-corrected chi connectivity index (χ3v) is 2.93. The molecule has 0 heterocycles. The van der Waals surface area contributed by atoms with Crippen molar-refractivity contribution >= 4 is 17.6 Å². The van der Waals surface area contributed by atoms with Crippen LogP contribution in [0.5, 0.6) is 0 Å². The number of carbonyl (C=O) groups excluding carboxylic acids is 2. The molecular formula is C17H26N2O4. The first-order chi connectivity index (χ1) is 10.4. The standard InChI is InChI=1S/C17H26N2O4/c1-11(2)22-14(20)17(19,15(21)23-16(3,4)5)10-12-6-8-13(18)9-7-12/h6-9,11H,10,18-19H2,1-5H3. The smallest absolute Gasteiger partial charge is 0.338 e. The minimum atomic E-state index is -1.91. The van der Waals surface area contributed by atoms with E-state index in [0.29, 0.717) is 11.3 Å². The highest BCUT2D eigenvalue weighted by molar-refractivity contribution is 6.05.